The van der Waals surface area contributed by atoms with Gasteiger partial charge in [-0.05, 0) is 61.4 Å². The lowest BCUT2D eigenvalue weighted by Crippen LogP contribution is -2.45. The number of carbonyl (C=O) groups is 1. The molecule has 2 fully saturated rings. The van der Waals surface area contributed by atoms with Crippen molar-refractivity contribution in [1.29, 1.82) is 5.26 Å². The van der Waals surface area contributed by atoms with E-state index in [0.717, 1.165) is 32.1 Å². The predicted molar refractivity (Wildman–Crippen MR) is 113 cm³/mol. The maximum absolute atomic E-state index is 12.8. The Labute approximate surface area is 176 Å². The molecule has 0 aromatic heterocycles. The van der Waals surface area contributed by atoms with E-state index in [1.165, 1.54) is 5.56 Å². The Balaban J connectivity index is 1.44. The van der Waals surface area contributed by atoms with Gasteiger partial charge in [-0.2, -0.15) is 5.26 Å². The van der Waals surface area contributed by atoms with Crippen molar-refractivity contribution < 1.29 is 9.53 Å². The Kier molecular flexibility index (Phi) is 5.04. The molecular formula is C24H25ClN2O2. The largest absolute Gasteiger partial charge is 0.487 e. The molecule has 0 unspecified atom stereocenters. The third-order valence-electron chi connectivity index (χ3n) is 6.39. The minimum absolute atomic E-state index is 0.0144. The van der Waals surface area contributed by atoms with Crippen molar-refractivity contribution in [3.63, 3.8) is 0 Å². The molecule has 5 heteroatoms. The van der Waals surface area contributed by atoms with Gasteiger partial charge in [0.15, 0.2) is 0 Å². The average molecular weight is 409 g/mol. The standard InChI is InChI=1S/C24H25ClN2O2/c1-16(2)17-3-5-18(6-4-17)22(28)27-23-9-11-24(15-23,12-10-23)29-20-8-7-19(14-26)21(25)13-20/h3-8,13,16H,9-12,15H2,1-2H3,(H,27,28). The zero-order valence-electron chi connectivity index (χ0n) is 16.8. The fourth-order valence-corrected chi connectivity index (χ4v) is 4.91. The van der Waals surface area contributed by atoms with E-state index in [1.54, 1.807) is 18.2 Å². The van der Waals surface area contributed by atoms with Crippen molar-refractivity contribution >= 4 is 17.5 Å². The highest BCUT2D eigenvalue weighted by Crippen LogP contribution is 2.53. The zero-order chi connectivity index (χ0) is 20.6. The van der Waals surface area contributed by atoms with Gasteiger partial charge in [0.1, 0.15) is 17.4 Å². The second kappa shape index (κ2) is 7.39. The lowest BCUT2D eigenvalue weighted by Gasteiger charge is -2.29. The van der Waals surface area contributed by atoms with Crippen LogP contribution in [0.3, 0.4) is 0 Å². The van der Waals surface area contributed by atoms with E-state index in [1.807, 2.05) is 24.3 Å². The number of benzene rings is 2. The fourth-order valence-electron chi connectivity index (χ4n) is 4.69. The van der Waals surface area contributed by atoms with Crippen LogP contribution in [0.15, 0.2) is 42.5 Å². The molecule has 2 aliphatic carbocycles. The van der Waals surface area contributed by atoms with E-state index in [4.69, 9.17) is 21.6 Å². The van der Waals surface area contributed by atoms with Crippen LogP contribution < -0.4 is 10.1 Å². The van der Waals surface area contributed by atoms with E-state index in [0.29, 0.717) is 27.8 Å². The van der Waals surface area contributed by atoms with Gasteiger partial charge in [-0.3, -0.25) is 4.79 Å². The average Bonchev–Trinajstić information content (AvgIpc) is 3.23. The molecule has 0 saturated heterocycles. The van der Waals surface area contributed by atoms with Crippen LogP contribution in [0, 0.1) is 11.3 Å². The molecule has 0 aliphatic heterocycles. The molecule has 0 heterocycles. The number of halogens is 1. The van der Waals surface area contributed by atoms with Gasteiger partial charge in [-0.15, -0.1) is 0 Å². The number of carbonyl (C=O) groups excluding carboxylic acids is 1. The Morgan fingerprint density at radius 3 is 2.41 bits per heavy atom. The molecule has 2 saturated carbocycles. The molecule has 2 bridgehead atoms. The number of amides is 1. The van der Waals surface area contributed by atoms with E-state index >= 15 is 0 Å². The maximum atomic E-state index is 12.8. The van der Waals surface area contributed by atoms with Crippen molar-refractivity contribution in [3.05, 3.63) is 64.2 Å². The summed E-state index contributed by atoms with van der Waals surface area (Å²) < 4.78 is 6.34. The molecule has 29 heavy (non-hydrogen) atoms. The quantitative estimate of drug-likeness (QED) is 0.700. The van der Waals surface area contributed by atoms with Gasteiger partial charge in [0, 0.05) is 23.6 Å². The Morgan fingerprint density at radius 1 is 1.14 bits per heavy atom. The van der Waals surface area contributed by atoms with Crippen molar-refractivity contribution in [1.82, 2.24) is 5.32 Å². The molecule has 2 aromatic rings. The smallest absolute Gasteiger partial charge is 0.251 e. The first-order chi connectivity index (χ1) is 13.8. The lowest BCUT2D eigenvalue weighted by molar-refractivity contribution is 0.0803. The van der Waals surface area contributed by atoms with E-state index < -0.39 is 0 Å². The van der Waals surface area contributed by atoms with Crippen LogP contribution in [0.1, 0.15) is 73.4 Å². The Morgan fingerprint density at radius 2 is 1.83 bits per heavy atom. The number of fused-ring (bicyclic) bond motifs is 2. The number of nitrogens with zero attached hydrogens (tertiary/aromatic N) is 1. The fraction of sp³-hybridized carbons (Fsp3) is 0.417. The summed E-state index contributed by atoms with van der Waals surface area (Å²) in [5.41, 5.74) is 1.90. The second-order valence-corrected chi connectivity index (χ2v) is 9.13. The number of rotatable bonds is 5. The van der Waals surface area contributed by atoms with Gasteiger partial charge in [0.25, 0.3) is 5.91 Å². The van der Waals surface area contributed by atoms with Gasteiger partial charge >= 0.3 is 0 Å². The zero-order valence-corrected chi connectivity index (χ0v) is 17.6. The summed E-state index contributed by atoms with van der Waals surface area (Å²) in [6.45, 7) is 4.29. The van der Waals surface area contributed by atoms with Crippen LogP contribution in [0.5, 0.6) is 5.75 Å². The molecule has 1 amide bonds. The monoisotopic (exact) mass is 408 g/mol. The second-order valence-electron chi connectivity index (χ2n) is 8.73. The summed E-state index contributed by atoms with van der Waals surface area (Å²) in [7, 11) is 0. The van der Waals surface area contributed by atoms with Crippen LogP contribution in [0.4, 0.5) is 0 Å². The number of ether oxygens (including phenoxy) is 1. The molecule has 4 nitrogen and oxygen atoms in total. The summed E-state index contributed by atoms with van der Waals surface area (Å²) in [5.74, 6) is 1.12. The van der Waals surface area contributed by atoms with Gasteiger partial charge < -0.3 is 10.1 Å². The molecule has 2 aliphatic rings. The van der Waals surface area contributed by atoms with E-state index in [2.05, 4.69) is 25.2 Å². The molecule has 0 atom stereocenters. The molecular weight excluding hydrogens is 384 g/mol. The van der Waals surface area contributed by atoms with Gasteiger partial charge in [-0.1, -0.05) is 37.6 Å². The van der Waals surface area contributed by atoms with Crippen molar-refractivity contribution in [2.24, 2.45) is 0 Å². The molecule has 0 spiro atoms. The topological polar surface area (TPSA) is 62.1 Å². The number of nitriles is 1. The summed E-state index contributed by atoms with van der Waals surface area (Å²) in [4.78, 5) is 12.8. The van der Waals surface area contributed by atoms with Crippen LogP contribution in [-0.2, 0) is 0 Å². The maximum Gasteiger partial charge on any atom is 0.251 e. The number of hydrogen-bond donors (Lipinski definition) is 1. The Bertz CT molecular complexity index is 967. The van der Waals surface area contributed by atoms with Crippen LogP contribution in [-0.4, -0.2) is 17.0 Å². The summed E-state index contributed by atoms with van der Waals surface area (Å²) in [5, 5.41) is 12.7. The van der Waals surface area contributed by atoms with Crippen LogP contribution in [0.2, 0.25) is 5.02 Å². The highest BCUT2D eigenvalue weighted by atomic mass is 35.5. The number of hydrogen-bond acceptors (Lipinski definition) is 3. The minimum Gasteiger partial charge on any atom is -0.487 e. The highest BCUT2D eigenvalue weighted by Gasteiger charge is 2.56. The van der Waals surface area contributed by atoms with Crippen molar-refractivity contribution in [2.75, 3.05) is 0 Å². The third-order valence-corrected chi connectivity index (χ3v) is 6.71. The number of nitrogens with one attached hydrogen (secondary N) is 1. The first kappa shape index (κ1) is 19.8. The van der Waals surface area contributed by atoms with Crippen LogP contribution >= 0.6 is 11.6 Å². The summed E-state index contributed by atoms with van der Waals surface area (Å²) >= 11 is 6.15. The minimum atomic E-state index is -0.272. The SMILES string of the molecule is CC(C)c1ccc(C(=O)NC23CCC(Oc4ccc(C#N)c(Cl)c4)(CC2)C3)cc1. The van der Waals surface area contributed by atoms with E-state index in [-0.39, 0.29) is 17.0 Å². The van der Waals surface area contributed by atoms with Gasteiger partial charge in [0.05, 0.1) is 10.6 Å². The molecule has 2 aromatic carbocycles. The molecule has 1 N–H and O–H groups in total. The Hall–Kier alpha value is -2.51. The van der Waals surface area contributed by atoms with Gasteiger partial charge in [0.2, 0.25) is 0 Å². The first-order valence-corrected chi connectivity index (χ1v) is 10.5. The van der Waals surface area contributed by atoms with Gasteiger partial charge in [-0.25, -0.2) is 0 Å². The first-order valence-electron chi connectivity index (χ1n) is 10.1. The van der Waals surface area contributed by atoms with Crippen molar-refractivity contribution in [2.45, 2.75) is 63.0 Å². The molecule has 150 valence electrons. The highest BCUT2D eigenvalue weighted by molar-refractivity contribution is 6.31. The van der Waals surface area contributed by atoms with Crippen LogP contribution in [0.25, 0.3) is 0 Å². The third kappa shape index (κ3) is 3.84. The molecule has 4 rings (SSSR count). The van der Waals surface area contributed by atoms with Crippen molar-refractivity contribution in [3.8, 4) is 11.8 Å². The summed E-state index contributed by atoms with van der Waals surface area (Å²) in [6.07, 6.45) is 4.42. The lowest BCUT2D eigenvalue weighted by atomic mass is 9.92. The van der Waals surface area contributed by atoms with E-state index in [9.17, 15) is 4.79 Å². The predicted octanol–water partition coefficient (Wildman–Crippen LogP) is 5.60. The summed E-state index contributed by atoms with van der Waals surface area (Å²) in [6, 6.07) is 15.1. The molecule has 0 radical (unpaired) electrons. The normalized spacial score (nSPS) is 25.1.